The number of amides is 1. The number of carbonyl (C=O) groups excluding carboxylic acids is 1. The maximum absolute atomic E-state index is 13.5. The fourth-order valence-corrected chi connectivity index (χ4v) is 2.25. The second-order valence-corrected chi connectivity index (χ2v) is 4.70. The predicted molar refractivity (Wildman–Crippen MR) is 63.8 cm³/mol. The fraction of sp³-hybridized carbons (Fsp3) is 0.385. The minimum Gasteiger partial charge on any atom is -0.480 e. The van der Waals surface area contributed by atoms with Crippen molar-refractivity contribution < 1.29 is 28.6 Å². The summed E-state index contributed by atoms with van der Waals surface area (Å²) in [5.41, 5.74) is -0.0121. The molecule has 7 heteroatoms. The Hall–Kier alpha value is -2.02. The van der Waals surface area contributed by atoms with Crippen molar-refractivity contribution in [2.24, 2.45) is 0 Å². The Balaban J connectivity index is 2.13. The van der Waals surface area contributed by atoms with Gasteiger partial charge in [-0.3, -0.25) is 4.79 Å². The van der Waals surface area contributed by atoms with Crippen molar-refractivity contribution in [2.75, 3.05) is 6.54 Å². The Morgan fingerprint density at radius 3 is 2.65 bits per heavy atom. The summed E-state index contributed by atoms with van der Waals surface area (Å²) in [4.78, 5) is 24.0. The Kier molecular flexibility index (Phi) is 3.99. The molecule has 0 bridgehead atoms. The molecule has 5 nitrogen and oxygen atoms in total. The third kappa shape index (κ3) is 2.93. The number of nitrogens with zero attached hydrogens (tertiary/aromatic N) is 1. The van der Waals surface area contributed by atoms with E-state index in [1.165, 1.54) is 0 Å². The smallest absolute Gasteiger partial charge is 0.326 e. The molecule has 1 aromatic rings. The van der Waals surface area contributed by atoms with Crippen LogP contribution in [-0.2, 0) is 16.0 Å². The van der Waals surface area contributed by atoms with Gasteiger partial charge in [0.2, 0.25) is 5.91 Å². The van der Waals surface area contributed by atoms with Crippen LogP contribution in [0.4, 0.5) is 8.78 Å². The van der Waals surface area contributed by atoms with E-state index in [0.29, 0.717) is 6.07 Å². The van der Waals surface area contributed by atoms with Crippen molar-refractivity contribution in [2.45, 2.75) is 25.0 Å². The van der Waals surface area contributed by atoms with Gasteiger partial charge in [-0.25, -0.2) is 13.6 Å². The van der Waals surface area contributed by atoms with Crippen LogP contribution in [0.15, 0.2) is 18.2 Å². The first kappa shape index (κ1) is 14.4. The number of benzene rings is 1. The van der Waals surface area contributed by atoms with Crippen LogP contribution in [0, 0.1) is 11.6 Å². The number of carbonyl (C=O) groups is 2. The third-order valence-electron chi connectivity index (χ3n) is 3.24. The molecule has 2 N–H and O–H groups in total. The van der Waals surface area contributed by atoms with Gasteiger partial charge >= 0.3 is 5.97 Å². The van der Waals surface area contributed by atoms with E-state index in [-0.39, 0.29) is 24.9 Å². The van der Waals surface area contributed by atoms with Gasteiger partial charge in [0.25, 0.3) is 0 Å². The summed E-state index contributed by atoms with van der Waals surface area (Å²) in [5, 5.41) is 18.4. The average Bonchev–Trinajstić information content (AvgIpc) is 2.75. The number of aliphatic hydroxyl groups excluding tert-OH is 1. The topological polar surface area (TPSA) is 77.8 Å². The molecule has 20 heavy (non-hydrogen) atoms. The number of aliphatic carboxylic acids is 1. The van der Waals surface area contributed by atoms with Crippen molar-refractivity contribution in [1.82, 2.24) is 4.90 Å². The molecule has 0 radical (unpaired) electrons. The number of hydrogen-bond acceptors (Lipinski definition) is 3. The van der Waals surface area contributed by atoms with E-state index in [1.807, 2.05) is 0 Å². The number of halogens is 2. The Morgan fingerprint density at radius 1 is 1.35 bits per heavy atom. The second kappa shape index (κ2) is 5.54. The van der Waals surface area contributed by atoms with Crippen LogP contribution < -0.4 is 0 Å². The summed E-state index contributed by atoms with van der Waals surface area (Å²) in [6.45, 7) is -0.0986. The van der Waals surface area contributed by atoms with Crippen molar-refractivity contribution in [1.29, 1.82) is 0 Å². The normalized spacial score (nSPS) is 22.1. The van der Waals surface area contributed by atoms with Crippen molar-refractivity contribution >= 4 is 11.9 Å². The summed E-state index contributed by atoms with van der Waals surface area (Å²) in [5.74, 6) is -3.43. The summed E-state index contributed by atoms with van der Waals surface area (Å²) in [6, 6.07) is 1.72. The number of carboxylic acid groups (broad SMARTS) is 1. The largest absolute Gasteiger partial charge is 0.480 e. The van der Waals surface area contributed by atoms with Crippen molar-refractivity contribution in [3.05, 3.63) is 35.4 Å². The third-order valence-corrected chi connectivity index (χ3v) is 3.24. The molecule has 2 atom stereocenters. The highest BCUT2D eigenvalue weighted by atomic mass is 19.1. The average molecular weight is 285 g/mol. The molecule has 1 amide bonds. The minimum atomic E-state index is -1.21. The standard InChI is InChI=1S/C13H13F2NO4/c14-8-2-1-7(10(15)4-8)3-12(18)16-6-9(17)5-11(16)13(19)20/h1-2,4,9,11,17H,3,5-6H2,(H,19,20). The number of aliphatic hydroxyl groups is 1. The quantitative estimate of drug-likeness (QED) is 0.850. The monoisotopic (exact) mass is 285 g/mol. The van der Waals surface area contributed by atoms with Gasteiger partial charge in [-0.15, -0.1) is 0 Å². The molecule has 1 saturated heterocycles. The van der Waals surface area contributed by atoms with E-state index in [0.717, 1.165) is 17.0 Å². The first-order valence-electron chi connectivity index (χ1n) is 6.02. The molecule has 1 heterocycles. The second-order valence-electron chi connectivity index (χ2n) is 4.70. The number of carboxylic acids is 1. The number of likely N-dealkylation sites (tertiary alicyclic amines) is 1. The van der Waals surface area contributed by atoms with Gasteiger partial charge in [0.05, 0.1) is 12.5 Å². The first-order valence-corrected chi connectivity index (χ1v) is 6.02. The molecule has 1 aliphatic heterocycles. The lowest BCUT2D eigenvalue weighted by Gasteiger charge is -2.21. The lowest BCUT2D eigenvalue weighted by Crippen LogP contribution is -2.41. The van der Waals surface area contributed by atoms with E-state index >= 15 is 0 Å². The highest BCUT2D eigenvalue weighted by molar-refractivity contribution is 5.85. The maximum Gasteiger partial charge on any atom is 0.326 e. The molecule has 0 spiro atoms. The van der Waals surface area contributed by atoms with E-state index in [1.54, 1.807) is 0 Å². The molecule has 0 aromatic heterocycles. The summed E-state index contributed by atoms with van der Waals surface area (Å²) < 4.78 is 26.2. The summed E-state index contributed by atoms with van der Waals surface area (Å²) in [6.07, 6.45) is -1.33. The van der Waals surface area contributed by atoms with Gasteiger partial charge in [-0.2, -0.15) is 0 Å². The molecule has 0 saturated carbocycles. The zero-order chi connectivity index (χ0) is 14.9. The Morgan fingerprint density at radius 2 is 2.05 bits per heavy atom. The number of hydrogen-bond donors (Lipinski definition) is 2. The van der Waals surface area contributed by atoms with E-state index < -0.39 is 35.7 Å². The van der Waals surface area contributed by atoms with Crippen LogP contribution in [0.5, 0.6) is 0 Å². The molecule has 1 aliphatic rings. The molecule has 2 unspecified atom stereocenters. The zero-order valence-corrected chi connectivity index (χ0v) is 10.4. The van der Waals surface area contributed by atoms with Gasteiger partial charge in [-0.1, -0.05) is 6.07 Å². The van der Waals surface area contributed by atoms with Crippen LogP contribution >= 0.6 is 0 Å². The Bertz CT molecular complexity index is 549. The van der Waals surface area contributed by atoms with Crippen molar-refractivity contribution in [3.8, 4) is 0 Å². The van der Waals surface area contributed by atoms with Crippen LogP contribution in [0.2, 0.25) is 0 Å². The molecule has 0 aliphatic carbocycles. The van der Waals surface area contributed by atoms with E-state index in [4.69, 9.17) is 5.11 Å². The van der Waals surface area contributed by atoms with Gasteiger partial charge in [0.1, 0.15) is 17.7 Å². The SMILES string of the molecule is O=C(O)C1CC(O)CN1C(=O)Cc1ccc(F)cc1F. The molecule has 1 fully saturated rings. The molecule has 1 aromatic carbocycles. The lowest BCUT2D eigenvalue weighted by molar-refractivity contribution is -0.148. The highest BCUT2D eigenvalue weighted by Crippen LogP contribution is 2.20. The van der Waals surface area contributed by atoms with Crippen LogP contribution in [-0.4, -0.2) is 45.7 Å². The van der Waals surface area contributed by atoms with E-state index in [2.05, 4.69) is 0 Å². The molecular weight excluding hydrogens is 272 g/mol. The van der Waals surface area contributed by atoms with Gasteiger partial charge in [-0.05, 0) is 11.6 Å². The van der Waals surface area contributed by atoms with Crippen molar-refractivity contribution in [3.63, 3.8) is 0 Å². The highest BCUT2D eigenvalue weighted by Gasteiger charge is 2.38. The maximum atomic E-state index is 13.5. The fourth-order valence-electron chi connectivity index (χ4n) is 2.25. The molecule has 108 valence electrons. The van der Waals surface area contributed by atoms with Gasteiger partial charge < -0.3 is 15.1 Å². The number of β-amino-alcohol motifs (C(OH)–C–C–N with tert-alkyl or cyclic N) is 1. The van der Waals surface area contributed by atoms with Gasteiger partial charge in [0, 0.05) is 19.0 Å². The van der Waals surface area contributed by atoms with Crippen LogP contribution in [0.1, 0.15) is 12.0 Å². The van der Waals surface area contributed by atoms with Crippen LogP contribution in [0.25, 0.3) is 0 Å². The van der Waals surface area contributed by atoms with Gasteiger partial charge in [0.15, 0.2) is 0 Å². The van der Waals surface area contributed by atoms with Crippen LogP contribution in [0.3, 0.4) is 0 Å². The first-order chi connectivity index (χ1) is 9.38. The summed E-state index contributed by atoms with van der Waals surface area (Å²) in [7, 11) is 0. The lowest BCUT2D eigenvalue weighted by atomic mass is 10.1. The Labute approximate surface area is 113 Å². The molecule has 2 rings (SSSR count). The predicted octanol–water partition coefficient (Wildman–Crippen LogP) is 0.554. The number of rotatable bonds is 3. The zero-order valence-electron chi connectivity index (χ0n) is 10.4. The van der Waals surface area contributed by atoms with E-state index in [9.17, 15) is 23.5 Å². The molecular formula is C13H13F2NO4. The summed E-state index contributed by atoms with van der Waals surface area (Å²) >= 11 is 0. The minimum absolute atomic E-state index is 0.0121.